The van der Waals surface area contributed by atoms with Crippen molar-refractivity contribution < 1.29 is 39.2 Å². The fourth-order valence-corrected chi connectivity index (χ4v) is 7.10. The Morgan fingerprint density at radius 3 is 2.32 bits per heavy atom. The van der Waals surface area contributed by atoms with Gasteiger partial charge in [-0.3, -0.25) is 24.2 Å². The van der Waals surface area contributed by atoms with Gasteiger partial charge in [-0.1, -0.05) is 13.8 Å². The second kappa shape index (κ2) is 9.53. The van der Waals surface area contributed by atoms with Crippen LogP contribution in [-0.4, -0.2) is 86.5 Å². The Morgan fingerprint density at radius 1 is 1.15 bits per heavy atom. The van der Waals surface area contributed by atoms with Gasteiger partial charge in [-0.15, -0.1) is 0 Å². The molecule has 0 aromatic heterocycles. The van der Waals surface area contributed by atoms with Gasteiger partial charge in [-0.25, -0.2) is 4.39 Å². The third-order valence-electron chi connectivity index (χ3n) is 9.55. The number of aromatic hydroxyl groups is 1. The standard InChI is InChI=1S/C29H37FN4O7/c1-28(2)5-7-34(8-6-28)11-14-19(30)13-9-12-10-15-21(33(3)4)24(37)18(27(32)40)26(39)29(15,41)25(38)16(12)22(35)17(13)23(36)20(14)31/h12,15,21,35-36,39,41H,5-11,31H2,1-4H3,(H2,32,40)/t12-,15-,21-,29-/m0/s1. The van der Waals surface area contributed by atoms with Crippen LogP contribution in [0, 0.1) is 23.1 Å². The molecule has 2 fully saturated rings. The molecule has 1 aromatic carbocycles. The maximum absolute atomic E-state index is 16.2. The molecular formula is C29H37FN4O7. The zero-order chi connectivity index (χ0) is 30.3. The molecule has 0 radical (unpaired) electrons. The second-order valence-corrected chi connectivity index (χ2v) is 12.8. The van der Waals surface area contributed by atoms with Crippen molar-refractivity contribution in [3.05, 3.63) is 39.4 Å². The molecule has 0 bridgehead atoms. The van der Waals surface area contributed by atoms with Crippen LogP contribution in [-0.2, 0) is 27.3 Å². The molecule has 1 amide bonds. The maximum Gasteiger partial charge on any atom is 0.255 e. The fraction of sp³-hybridized carbons (Fsp3) is 0.552. The molecule has 0 unspecified atom stereocenters. The third-order valence-corrected chi connectivity index (χ3v) is 9.55. The molecule has 1 heterocycles. The molecule has 1 saturated carbocycles. The summed E-state index contributed by atoms with van der Waals surface area (Å²) in [7, 11) is 3.03. The molecule has 3 aliphatic carbocycles. The van der Waals surface area contributed by atoms with Crippen LogP contribution >= 0.6 is 0 Å². The third kappa shape index (κ3) is 4.14. The monoisotopic (exact) mass is 572 g/mol. The number of hydrogen-bond donors (Lipinski definition) is 6. The summed E-state index contributed by atoms with van der Waals surface area (Å²) in [5, 5.41) is 45.0. The highest BCUT2D eigenvalue weighted by molar-refractivity contribution is 6.24. The number of rotatable bonds is 4. The van der Waals surface area contributed by atoms with Crippen LogP contribution in [0.15, 0.2) is 16.9 Å². The van der Waals surface area contributed by atoms with Crippen molar-refractivity contribution in [1.29, 1.82) is 0 Å². The van der Waals surface area contributed by atoms with Crippen molar-refractivity contribution >= 4 is 28.9 Å². The average Bonchev–Trinajstić information content (AvgIpc) is 2.87. The molecule has 12 heteroatoms. The van der Waals surface area contributed by atoms with Crippen molar-refractivity contribution in [3.63, 3.8) is 0 Å². The summed E-state index contributed by atoms with van der Waals surface area (Å²) in [6, 6.07) is -1.21. The number of nitrogens with zero attached hydrogens (tertiary/aromatic N) is 2. The highest BCUT2D eigenvalue weighted by Crippen LogP contribution is 2.54. The Morgan fingerprint density at radius 2 is 1.76 bits per heavy atom. The van der Waals surface area contributed by atoms with E-state index in [0.717, 1.165) is 25.9 Å². The lowest BCUT2D eigenvalue weighted by Crippen LogP contribution is -2.65. The van der Waals surface area contributed by atoms with Gasteiger partial charge in [-0.05, 0) is 64.2 Å². The number of fused-ring (bicyclic) bond motifs is 3. The van der Waals surface area contributed by atoms with Crippen LogP contribution in [0.4, 0.5) is 10.1 Å². The maximum atomic E-state index is 16.2. The number of primary amides is 1. The number of likely N-dealkylation sites (tertiary alicyclic amines) is 1. The number of ketones is 2. The number of carbonyl (C=O) groups is 3. The molecule has 222 valence electrons. The highest BCUT2D eigenvalue weighted by atomic mass is 19.1. The van der Waals surface area contributed by atoms with E-state index in [1.54, 1.807) is 0 Å². The molecule has 41 heavy (non-hydrogen) atoms. The number of phenolic OH excluding ortho intramolecular Hbond substituents is 1. The van der Waals surface area contributed by atoms with Crippen molar-refractivity contribution in [3.8, 4) is 5.75 Å². The number of amides is 1. The SMILES string of the molecule is CN(C)[C@@H]1C(=O)C(C(N)=O)=C(O)[C@@]2(O)C(=O)C3=C(O)c4c(O)c(N)c(CN5CCC(C)(C)CC5)c(F)c4C[C@H]3C[C@@H]12. The smallest absolute Gasteiger partial charge is 0.255 e. The number of aliphatic hydroxyl groups excluding tert-OH is 2. The molecule has 5 rings (SSSR count). The number of hydrogen-bond acceptors (Lipinski definition) is 10. The number of likely N-dealkylation sites (N-methyl/N-ethyl adjacent to an activating group) is 1. The average molecular weight is 573 g/mol. The number of anilines is 1. The Bertz CT molecular complexity index is 1440. The van der Waals surface area contributed by atoms with Crippen LogP contribution in [0.25, 0.3) is 5.76 Å². The van der Waals surface area contributed by atoms with Crippen LogP contribution in [0.3, 0.4) is 0 Å². The number of phenols is 1. The predicted molar refractivity (Wildman–Crippen MR) is 147 cm³/mol. The van der Waals surface area contributed by atoms with E-state index in [2.05, 4.69) is 18.7 Å². The molecule has 4 aliphatic rings. The van der Waals surface area contributed by atoms with Crippen molar-refractivity contribution in [2.24, 2.45) is 23.0 Å². The molecule has 8 N–H and O–H groups in total. The van der Waals surface area contributed by atoms with Gasteiger partial charge in [0.05, 0.1) is 17.3 Å². The van der Waals surface area contributed by atoms with E-state index in [1.807, 2.05) is 0 Å². The van der Waals surface area contributed by atoms with E-state index < -0.39 is 69.6 Å². The molecular weight excluding hydrogens is 535 g/mol. The van der Waals surface area contributed by atoms with Crippen LogP contribution in [0.5, 0.6) is 5.75 Å². The largest absolute Gasteiger partial charge is 0.508 e. The Balaban J connectivity index is 1.63. The first kappa shape index (κ1) is 29.0. The first-order valence-electron chi connectivity index (χ1n) is 13.7. The summed E-state index contributed by atoms with van der Waals surface area (Å²) in [5.74, 6) is -8.63. The number of carbonyl (C=O) groups excluding carboxylic acids is 3. The molecule has 0 spiro atoms. The summed E-state index contributed by atoms with van der Waals surface area (Å²) in [6.45, 7) is 5.95. The van der Waals surface area contributed by atoms with Gasteiger partial charge in [0.1, 0.15) is 28.7 Å². The summed E-state index contributed by atoms with van der Waals surface area (Å²) in [5.41, 5.74) is 7.17. The molecule has 1 aromatic rings. The second-order valence-electron chi connectivity index (χ2n) is 12.8. The minimum absolute atomic E-state index is 0.0188. The summed E-state index contributed by atoms with van der Waals surface area (Å²) < 4.78 is 16.2. The molecule has 4 atom stereocenters. The fourth-order valence-electron chi connectivity index (χ4n) is 7.10. The van der Waals surface area contributed by atoms with E-state index in [9.17, 15) is 34.8 Å². The lowest BCUT2D eigenvalue weighted by atomic mass is 9.57. The van der Waals surface area contributed by atoms with Crippen LogP contribution in [0.2, 0.25) is 0 Å². The van der Waals surface area contributed by atoms with Crippen molar-refractivity contribution in [1.82, 2.24) is 9.80 Å². The normalized spacial score (nSPS) is 29.9. The van der Waals surface area contributed by atoms with Gasteiger partial charge in [0, 0.05) is 29.2 Å². The number of piperidine rings is 1. The van der Waals surface area contributed by atoms with Crippen molar-refractivity contribution in [2.75, 3.05) is 32.9 Å². The molecule has 1 saturated heterocycles. The van der Waals surface area contributed by atoms with E-state index in [-0.39, 0.29) is 52.8 Å². The lowest BCUT2D eigenvalue weighted by molar-refractivity contribution is -0.153. The minimum Gasteiger partial charge on any atom is -0.508 e. The van der Waals surface area contributed by atoms with Crippen LogP contribution < -0.4 is 11.5 Å². The number of aliphatic hydroxyl groups is 3. The van der Waals surface area contributed by atoms with E-state index in [1.165, 1.54) is 19.0 Å². The quantitative estimate of drug-likeness (QED) is 0.174. The zero-order valence-electron chi connectivity index (χ0n) is 23.6. The van der Waals surface area contributed by atoms with E-state index in [0.29, 0.717) is 0 Å². The van der Waals surface area contributed by atoms with Gasteiger partial charge >= 0.3 is 0 Å². The van der Waals surface area contributed by atoms with Gasteiger partial charge in [0.25, 0.3) is 5.91 Å². The first-order chi connectivity index (χ1) is 19.0. The Hall–Kier alpha value is -3.48. The lowest BCUT2D eigenvalue weighted by Gasteiger charge is -2.50. The summed E-state index contributed by atoms with van der Waals surface area (Å²) >= 11 is 0. The number of halogens is 1. The number of nitrogen functional groups attached to an aromatic ring is 1. The summed E-state index contributed by atoms with van der Waals surface area (Å²) in [4.78, 5) is 42.7. The highest BCUT2D eigenvalue weighted by Gasteiger charge is 2.64. The zero-order valence-corrected chi connectivity index (χ0v) is 23.6. The van der Waals surface area contributed by atoms with E-state index in [4.69, 9.17) is 11.5 Å². The van der Waals surface area contributed by atoms with Gasteiger partial charge in [0.2, 0.25) is 5.78 Å². The summed E-state index contributed by atoms with van der Waals surface area (Å²) in [6.07, 6.45) is 1.58. The van der Waals surface area contributed by atoms with Gasteiger partial charge in [-0.2, -0.15) is 0 Å². The minimum atomic E-state index is -2.76. The molecule has 1 aliphatic heterocycles. The van der Waals surface area contributed by atoms with Crippen LogP contribution in [0.1, 0.15) is 49.8 Å². The van der Waals surface area contributed by atoms with Crippen molar-refractivity contribution in [2.45, 2.75) is 57.7 Å². The predicted octanol–water partition coefficient (Wildman–Crippen LogP) is 1.31. The molecule has 11 nitrogen and oxygen atoms in total. The number of nitrogens with two attached hydrogens (primary N) is 2. The van der Waals surface area contributed by atoms with Gasteiger partial charge < -0.3 is 31.9 Å². The van der Waals surface area contributed by atoms with Gasteiger partial charge in [0.15, 0.2) is 11.4 Å². The number of Topliss-reactive ketones (excluding diaryl/α,β-unsaturated/α-hetero) is 2. The van der Waals surface area contributed by atoms with E-state index >= 15 is 4.39 Å². The Kier molecular flexibility index (Phi) is 6.75. The first-order valence-corrected chi connectivity index (χ1v) is 13.7. The topological polar surface area (TPSA) is 191 Å². The Labute approximate surface area is 236 Å². The number of benzene rings is 1.